The van der Waals surface area contributed by atoms with Crippen LogP contribution in [0.1, 0.15) is 12.8 Å². The molecule has 4 heteroatoms. The average molecular weight is 173 g/mol. The highest BCUT2D eigenvalue weighted by Crippen LogP contribution is 1.88. The van der Waals surface area contributed by atoms with Crippen LogP contribution >= 0.6 is 0 Å². The Morgan fingerprint density at radius 2 is 2.33 bits per heavy atom. The van der Waals surface area contributed by atoms with Crippen molar-refractivity contribution in [1.29, 1.82) is 0 Å². The Labute approximate surface area is 71.9 Å². The molecule has 4 nitrogen and oxygen atoms in total. The smallest absolute Gasteiger partial charge is 0.220 e. The quantitative estimate of drug-likeness (QED) is 0.471. The van der Waals surface area contributed by atoms with Gasteiger partial charge in [-0.25, -0.2) is 0 Å². The molecule has 0 radical (unpaired) electrons. The van der Waals surface area contributed by atoms with Gasteiger partial charge in [0, 0.05) is 13.0 Å². The third-order valence-electron chi connectivity index (χ3n) is 1.32. The third-order valence-corrected chi connectivity index (χ3v) is 1.32. The molecule has 0 aliphatic carbocycles. The van der Waals surface area contributed by atoms with Gasteiger partial charge in [0.1, 0.15) is 0 Å². The van der Waals surface area contributed by atoms with Gasteiger partial charge in [0.25, 0.3) is 0 Å². The fourth-order valence-electron chi connectivity index (χ4n) is 0.618. The lowest BCUT2D eigenvalue weighted by Crippen LogP contribution is -2.33. The predicted molar refractivity (Wildman–Crippen MR) is 45.5 cm³/mol. The van der Waals surface area contributed by atoms with E-state index in [1.807, 2.05) is 0 Å². The maximum atomic E-state index is 10.9. The molecule has 0 fully saturated rings. The normalized spacial score (nSPS) is 12.2. The van der Waals surface area contributed by atoms with E-state index in [2.05, 4.69) is 11.9 Å². The maximum Gasteiger partial charge on any atom is 0.220 e. The Balaban J connectivity index is 3.36. The summed E-state index contributed by atoms with van der Waals surface area (Å²) in [6.45, 7) is 3.25. The van der Waals surface area contributed by atoms with Gasteiger partial charge >= 0.3 is 0 Å². The number of aliphatic hydroxyl groups excluding tert-OH is 2. The van der Waals surface area contributed by atoms with Crippen LogP contribution in [0.15, 0.2) is 12.7 Å². The zero-order valence-electron chi connectivity index (χ0n) is 6.99. The number of hydrogen-bond acceptors (Lipinski definition) is 3. The van der Waals surface area contributed by atoms with Gasteiger partial charge in [-0.3, -0.25) is 4.79 Å². The number of nitrogens with one attached hydrogen (secondary N) is 1. The SMILES string of the molecule is C=CCCC(=O)NCC(O)CO. The molecule has 0 aromatic carbocycles. The van der Waals surface area contributed by atoms with Crippen LogP contribution < -0.4 is 5.32 Å². The molecule has 0 bridgehead atoms. The van der Waals surface area contributed by atoms with E-state index in [0.29, 0.717) is 12.8 Å². The monoisotopic (exact) mass is 173 g/mol. The van der Waals surface area contributed by atoms with Gasteiger partial charge in [-0.2, -0.15) is 0 Å². The summed E-state index contributed by atoms with van der Waals surface area (Å²) in [6.07, 6.45) is 1.79. The molecule has 0 spiro atoms. The molecular formula is C8H15NO3. The second-order valence-electron chi connectivity index (χ2n) is 2.47. The van der Waals surface area contributed by atoms with E-state index in [0.717, 1.165) is 0 Å². The van der Waals surface area contributed by atoms with Gasteiger partial charge in [-0.05, 0) is 6.42 Å². The van der Waals surface area contributed by atoms with Crippen molar-refractivity contribution in [3.63, 3.8) is 0 Å². The lowest BCUT2D eigenvalue weighted by molar-refractivity contribution is -0.121. The summed E-state index contributed by atoms with van der Waals surface area (Å²) < 4.78 is 0. The van der Waals surface area contributed by atoms with Crippen molar-refractivity contribution in [2.24, 2.45) is 0 Å². The molecule has 1 amide bonds. The first-order valence-corrected chi connectivity index (χ1v) is 3.87. The largest absolute Gasteiger partial charge is 0.394 e. The van der Waals surface area contributed by atoms with Crippen molar-refractivity contribution in [3.05, 3.63) is 12.7 Å². The number of rotatable bonds is 6. The molecule has 0 aliphatic rings. The summed E-state index contributed by atoms with van der Waals surface area (Å²) in [5.41, 5.74) is 0. The molecule has 1 atom stereocenters. The minimum atomic E-state index is -0.863. The van der Waals surface area contributed by atoms with Gasteiger partial charge in [0.15, 0.2) is 0 Å². The summed E-state index contributed by atoms with van der Waals surface area (Å²) in [5, 5.41) is 19.7. The summed E-state index contributed by atoms with van der Waals surface area (Å²) >= 11 is 0. The van der Waals surface area contributed by atoms with Gasteiger partial charge in [-0.15, -0.1) is 6.58 Å². The topological polar surface area (TPSA) is 69.6 Å². The van der Waals surface area contributed by atoms with Crippen molar-refractivity contribution < 1.29 is 15.0 Å². The van der Waals surface area contributed by atoms with Gasteiger partial charge in [0.05, 0.1) is 12.7 Å². The molecule has 0 saturated carbocycles. The maximum absolute atomic E-state index is 10.9. The average Bonchev–Trinajstić information content (AvgIpc) is 2.10. The van der Waals surface area contributed by atoms with E-state index in [1.165, 1.54) is 0 Å². The molecule has 1 unspecified atom stereocenters. The Kier molecular flexibility index (Phi) is 6.32. The highest BCUT2D eigenvalue weighted by molar-refractivity contribution is 5.75. The molecule has 3 N–H and O–H groups in total. The van der Waals surface area contributed by atoms with Crippen LogP contribution in [-0.2, 0) is 4.79 Å². The Bertz CT molecular complexity index is 147. The fraction of sp³-hybridized carbons (Fsp3) is 0.625. The Hall–Kier alpha value is -0.870. The minimum Gasteiger partial charge on any atom is -0.394 e. The van der Waals surface area contributed by atoms with Crippen LogP contribution in [0.4, 0.5) is 0 Å². The van der Waals surface area contributed by atoms with Crippen LogP contribution in [0, 0.1) is 0 Å². The lowest BCUT2D eigenvalue weighted by atomic mass is 10.3. The molecule has 0 rings (SSSR count). The number of allylic oxidation sites excluding steroid dienone is 1. The first-order chi connectivity index (χ1) is 5.70. The summed E-state index contributed by atoms with van der Waals surface area (Å²) in [7, 11) is 0. The molecule has 70 valence electrons. The van der Waals surface area contributed by atoms with Gasteiger partial charge in [-0.1, -0.05) is 6.08 Å². The standard InChI is InChI=1S/C8H15NO3/c1-2-3-4-8(12)9-5-7(11)6-10/h2,7,10-11H,1,3-6H2,(H,9,12). The lowest BCUT2D eigenvalue weighted by Gasteiger charge is -2.07. The summed E-state index contributed by atoms with van der Waals surface area (Å²) in [5.74, 6) is -0.137. The van der Waals surface area contributed by atoms with E-state index in [9.17, 15) is 4.79 Å². The highest BCUT2D eigenvalue weighted by atomic mass is 16.3. The zero-order chi connectivity index (χ0) is 9.40. The van der Waals surface area contributed by atoms with Crippen LogP contribution in [-0.4, -0.2) is 35.4 Å². The Morgan fingerprint density at radius 1 is 1.67 bits per heavy atom. The van der Waals surface area contributed by atoms with E-state index < -0.39 is 6.10 Å². The molecule has 12 heavy (non-hydrogen) atoms. The van der Waals surface area contributed by atoms with E-state index in [1.54, 1.807) is 6.08 Å². The van der Waals surface area contributed by atoms with Crippen molar-refractivity contribution in [2.75, 3.05) is 13.2 Å². The fourth-order valence-corrected chi connectivity index (χ4v) is 0.618. The molecule has 0 heterocycles. The predicted octanol–water partition coefficient (Wildman–Crippen LogP) is -0.578. The second kappa shape index (κ2) is 6.82. The first kappa shape index (κ1) is 11.1. The van der Waals surface area contributed by atoms with E-state index in [4.69, 9.17) is 10.2 Å². The number of amides is 1. The van der Waals surface area contributed by atoms with Crippen molar-refractivity contribution in [3.8, 4) is 0 Å². The summed E-state index contributed by atoms with van der Waals surface area (Å²) in [6, 6.07) is 0. The van der Waals surface area contributed by atoms with Gasteiger partial charge < -0.3 is 15.5 Å². The van der Waals surface area contributed by atoms with Crippen LogP contribution in [0.2, 0.25) is 0 Å². The van der Waals surface area contributed by atoms with Crippen LogP contribution in [0.5, 0.6) is 0 Å². The van der Waals surface area contributed by atoms with Crippen molar-refractivity contribution >= 4 is 5.91 Å². The second-order valence-corrected chi connectivity index (χ2v) is 2.47. The third kappa shape index (κ3) is 5.88. The number of carbonyl (C=O) groups excluding carboxylic acids is 1. The van der Waals surface area contributed by atoms with Gasteiger partial charge in [0.2, 0.25) is 5.91 Å². The molecule has 0 aromatic rings. The van der Waals surface area contributed by atoms with Crippen molar-refractivity contribution in [2.45, 2.75) is 18.9 Å². The van der Waals surface area contributed by atoms with E-state index >= 15 is 0 Å². The zero-order valence-corrected chi connectivity index (χ0v) is 6.99. The highest BCUT2D eigenvalue weighted by Gasteiger charge is 2.03. The molecule has 0 saturated heterocycles. The number of aliphatic hydroxyl groups is 2. The number of hydrogen-bond donors (Lipinski definition) is 3. The van der Waals surface area contributed by atoms with E-state index in [-0.39, 0.29) is 19.1 Å². The van der Waals surface area contributed by atoms with Crippen molar-refractivity contribution in [1.82, 2.24) is 5.32 Å². The molecular weight excluding hydrogens is 158 g/mol. The molecule has 0 aliphatic heterocycles. The van der Waals surface area contributed by atoms with Crippen LogP contribution in [0.3, 0.4) is 0 Å². The number of carbonyl (C=O) groups is 1. The first-order valence-electron chi connectivity index (χ1n) is 3.87. The Morgan fingerprint density at radius 3 is 2.83 bits per heavy atom. The summed E-state index contributed by atoms with van der Waals surface area (Å²) in [4.78, 5) is 10.9. The molecule has 0 aromatic heterocycles. The van der Waals surface area contributed by atoms with Crippen LogP contribution in [0.25, 0.3) is 0 Å². The minimum absolute atomic E-state index is 0.104.